The summed E-state index contributed by atoms with van der Waals surface area (Å²) in [6.45, 7) is 0. The van der Waals surface area contributed by atoms with Gasteiger partial charge in [0.2, 0.25) is 0 Å². The summed E-state index contributed by atoms with van der Waals surface area (Å²) in [5, 5.41) is 14.8. The molecule has 0 radical (unpaired) electrons. The third-order valence-corrected chi connectivity index (χ3v) is 3.00. The van der Waals surface area contributed by atoms with Gasteiger partial charge in [0.25, 0.3) is 0 Å². The minimum absolute atomic E-state index is 0.354. The van der Waals surface area contributed by atoms with Crippen LogP contribution in [0.15, 0.2) is 42.5 Å². The second-order valence-electron chi connectivity index (χ2n) is 3.89. The molecule has 0 aliphatic heterocycles. The lowest BCUT2D eigenvalue weighted by Gasteiger charge is -2.09. The highest BCUT2D eigenvalue weighted by Crippen LogP contribution is 2.25. The Morgan fingerprint density at radius 2 is 1.75 bits per heavy atom. The Kier molecular flexibility index (Phi) is 4.46. The molecule has 0 aliphatic carbocycles. The number of carbonyl (C=O) groups is 1. The van der Waals surface area contributed by atoms with Crippen LogP contribution in [0.4, 0.5) is 16.2 Å². The summed E-state index contributed by atoms with van der Waals surface area (Å²) < 4.78 is 0. The van der Waals surface area contributed by atoms with Crippen molar-refractivity contribution in [2.45, 2.75) is 0 Å². The summed E-state index contributed by atoms with van der Waals surface area (Å²) in [5.74, 6) is 0. The number of benzene rings is 2. The molecule has 0 atom stereocenters. The smallest absolute Gasteiger partial charge is 0.308 e. The van der Waals surface area contributed by atoms with E-state index in [0.29, 0.717) is 27.0 Å². The van der Waals surface area contributed by atoms with Crippen molar-refractivity contribution in [1.82, 2.24) is 0 Å². The van der Waals surface area contributed by atoms with E-state index in [9.17, 15) is 4.79 Å². The topological polar surface area (TPSA) is 64.9 Å². The molecule has 0 unspecified atom stereocenters. The second kappa shape index (κ2) is 6.29. The van der Waals surface area contributed by atoms with E-state index in [4.69, 9.17) is 28.5 Å². The lowest BCUT2D eigenvalue weighted by molar-refractivity contribution is 0.262. The molecular weight excluding hydrogens is 297 g/mol. The summed E-state index contributed by atoms with van der Waals surface area (Å²) in [7, 11) is 0. The Bertz CT molecular complexity index is 678. The third-order valence-electron chi connectivity index (χ3n) is 2.45. The number of hydrogen-bond donors (Lipinski definition) is 2. The molecule has 0 saturated heterocycles. The van der Waals surface area contributed by atoms with Gasteiger partial charge in [-0.2, -0.15) is 5.26 Å². The molecule has 0 bridgehead atoms. The van der Waals surface area contributed by atoms with Gasteiger partial charge in [-0.3, -0.25) is 0 Å². The molecular formula is C14H9Cl2N3O. The molecule has 2 rings (SSSR count). The van der Waals surface area contributed by atoms with Crippen LogP contribution in [0.5, 0.6) is 0 Å². The highest BCUT2D eigenvalue weighted by Gasteiger charge is 2.06. The van der Waals surface area contributed by atoms with Crippen LogP contribution in [0.25, 0.3) is 0 Å². The number of carbonyl (C=O) groups excluding carboxylic acids is 1. The number of halogens is 2. The number of hydrogen-bond acceptors (Lipinski definition) is 2. The zero-order valence-electron chi connectivity index (χ0n) is 10.2. The standard InChI is InChI=1S/C14H9Cl2N3O/c15-10-3-6-13(12(16)7-10)19-14(20)18-11-4-1-9(8-17)2-5-11/h1-7H,(H2,18,19,20). The van der Waals surface area contributed by atoms with E-state index < -0.39 is 6.03 Å². The van der Waals surface area contributed by atoms with Gasteiger partial charge in [0.15, 0.2) is 0 Å². The van der Waals surface area contributed by atoms with E-state index in [2.05, 4.69) is 10.6 Å². The van der Waals surface area contributed by atoms with Crippen LogP contribution in [-0.4, -0.2) is 6.03 Å². The highest BCUT2D eigenvalue weighted by atomic mass is 35.5. The Labute approximate surface area is 125 Å². The van der Waals surface area contributed by atoms with Gasteiger partial charge in [-0.1, -0.05) is 23.2 Å². The number of rotatable bonds is 2. The van der Waals surface area contributed by atoms with Crippen LogP contribution in [0.1, 0.15) is 5.56 Å². The van der Waals surface area contributed by atoms with Crippen LogP contribution >= 0.6 is 23.2 Å². The Morgan fingerprint density at radius 1 is 1.05 bits per heavy atom. The quantitative estimate of drug-likeness (QED) is 0.857. The molecule has 100 valence electrons. The summed E-state index contributed by atoms with van der Waals surface area (Å²) >= 11 is 11.7. The largest absolute Gasteiger partial charge is 0.323 e. The zero-order chi connectivity index (χ0) is 14.5. The van der Waals surface area contributed by atoms with Gasteiger partial charge in [0.1, 0.15) is 0 Å². The van der Waals surface area contributed by atoms with Crippen LogP contribution in [-0.2, 0) is 0 Å². The third kappa shape index (κ3) is 3.64. The van der Waals surface area contributed by atoms with Crippen LogP contribution in [0.3, 0.4) is 0 Å². The fourth-order valence-electron chi connectivity index (χ4n) is 1.50. The molecule has 2 N–H and O–H groups in total. The van der Waals surface area contributed by atoms with Crippen molar-refractivity contribution in [3.05, 3.63) is 58.1 Å². The molecule has 0 fully saturated rings. The van der Waals surface area contributed by atoms with E-state index in [1.807, 2.05) is 6.07 Å². The van der Waals surface area contributed by atoms with Crippen molar-refractivity contribution in [3.8, 4) is 6.07 Å². The second-order valence-corrected chi connectivity index (χ2v) is 4.74. The number of nitrogens with zero attached hydrogens (tertiary/aromatic N) is 1. The van der Waals surface area contributed by atoms with E-state index in [1.54, 1.807) is 42.5 Å². The lowest BCUT2D eigenvalue weighted by Crippen LogP contribution is -2.19. The average molecular weight is 306 g/mol. The van der Waals surface area contributed by atoms with Crippen molar-refractivity contribution >= 4 is 40.6 Å². The first-order valence-electron chi connectivity index (χ1n) is 5.62. The molecule has 20 heavy (non-hydrogen) atoms. The zero-order valence-corrected chi connectivity index (χ0v) is 11.7. The van der Waals surface area contributed by atoms with Gasteiger partial charge >= 0.3 is 6.03 Å². The minimum atomic E-state index is -0.432. The number of urea groups is 1. The molecule has 2 aromatic rings. The van der Waals surface area contributed by atoms with Crippen molar-refractivity contribution in [2.24, 2.45) is 0 Å². The molecule has 2 aromatic carbocycles. The summed E-state index contributed by atoms with van der Waals surface area (Å²) in [4.78, 5) is 11.8. The van der Waals surface area contributed by atoms with Gasteiger partial charge < -0.3 is 10.6 Å². The summed E-state index contributed by atoms with van der Waals surface area (Å²) in [6.07, 6.45) is 0. The number of amides is 2. The SMILES string of the molecule is N#Cc1ccc(NC(=O)Nc2ccc(Cl)cc2Cl)cc1. The lowest BCUT2D eigenvalue weighted by atomic mass is 10.2. The summed E-state index contributed by atoms with van der Waals surface area (Å²) in [5.41, 5.74) is 1.56. The average Bonchev–Trinajstić information content (AvgIpc) is 2.43. The van der Waals surface area contributed by atoms with Crippen LogP contribution in [0.2, 0.25) is 10.0 Å². The van der Waals surface area contributed by atoms with Gasteiger partial charge in [-0.15, -0.1) is 0 Å². The molecule has 0 heterocycles. The fourth-order valence-corrected chi connectivity index (χ4v) is 1.96. The minimum Gasteiger partial charge on any atom is -0.308 e. The van der Waals surface area contributed by atoms with Crippen LogP contribution in [0, 0.1) is 11.3 Å². The first kappa shape index (κ1) is 14.2. The first-order chi connectivity index (χ1) is 9.58. The number of nitriles is 1. The number of anilines is 2. The number of nitrogens with one attached hydrogen (secondary N) is 2. The molecule has 0 saturated carbocycles. The van der Waals surface area contributed by atoms with E-state index >= 15 is 0 Å². The maximum absolute atomic E-state index is 11.8. The Balaban J connectivity index is 2.03. The fraction of sp³-hybridized carbons (Fsp3) is 0. The van der Waals surface area contributed by atoms with E-state index in [-0.39, 0.29) is 0 Å². The predicted molar refractivity (Wildman–Crippen MR) is 80.3 cm³/mol. The molecule has 4 nitrogen and oxygen atoms in total. The van der Waals surface area contributed by atoms with Gasteiger partial charge in [0, 0.05) is 10.7 Å². The van der Waals surface area contributed by atoms with Gasteiger partial charge in [-0.25, -0.2) is 4.79 Å². The predicted octanol–water partition coefficient (Wildman–Crippen LogP) is 4.51. The molecule has 2 amide bonds. The van der Waals surface area contributed by atoms with Crippen molar-refractivity contribution in [1.29, 1.82) is 5.26 Å². The van der Waals surface area contributed by atoms with Crippen molar-refractivity contribution < 1.29 is 4.79 Å². The van der Waals surface area contributed by atoms with Crippen molar-refractivity contribution in [3.63, 3.8) is 0 Å². The highest BCUT2D eigenvalue weighted by molar-refractivity contribution is 6.36. The Hall–Kier alpha value is -2.22. The van der Waals surface area contributed by atoms with E-state index in [1.165, 1.54) is 0 Å². The van der Waals surface area contributed by atoms with E-state index in [0.717, 1.165) is 0 Å². The molecule has 0 aromatic heterocycles. The summed E-state index contributed by atoms with van der Waals surface area (Å²) in [6, 6.07) is 12.9. The molecule has 0 spiro atoms. The normalized spacial score (nSPS) is 9.65. The Morgan fingerprint density at radius 3 is 2.35 bits per heavy atom. The molecule has 6 heteroatoms. The molecule has 0 aliphatic rings. The maximum atomic E-state index is 11.8. The monoisotopic (exact) mass is 305 g/mol. The van der Waals surface area contributed by atoms with Gasteiger partial charge in [-0.05, 0) is 42.5 Å². The first-order valence-corrected chi connectivity index (χ1v) is 6.37. The van der Waals surface area contributed by atoms with Crippen molar-refractivity contribution in [2.75, 3.05) is 10.6 Å². The van der Waals surface area contributed by atoms with Crippen LogP contribution < -0.4 is 10.6 Å². The van der Waals surface area contributed by atoms with Gasteiger partial charge in [0.05, 0.1) is 22.3 Å². The maximum Gasteiger partial charge on any atom is 0.323 e.